The molecular weight excluding hydrogens is 388 g/mol. The zero-order valence-corrected chi connectivity index (χ0v) is 17.7. The Morgan fingerprint density at radius 3 is 2.03 bits per heavy atom. The van der Waals surface area contributed by atoms with Gasteiger partial charge in [0.25, 0.3) is 5.91 Å². The molecule has 3 aromatic rings. The normalized spacial score (nSPS) is 15.5. The minimum Gasteiger partial charge on any atom is -0.478 e. The van der Waals surface area contributed by atoms with E-state index in [4.69, 9.17) is 4.74 Å². The second kappa shape index (κ2) is 9.04. The molecule has 0 bridgehead atoms. The topological polar surface area (TPSA) is 58.6 Å². The molecule has 1 unspecified atom stereocenters. The van der Waals surface area contributed by atoms with Gasteiger partial charge in [-0.1, -0.05) is 86.6 Å². The van der Waals surface area contributed by atoms with E-state index in [1.807, 2.05) is 98.8 Å². The molecule has 4 rings (SSSR count). The molecule has 0 radical (unpaired) electrons. The average Bonchev–Trinajstić information content (AvgIpc) is 2.80. The molecule has 0 aliphatic carbocycles. The third-order valence-electron chi connectivity index (χ3n) is 5.40. The highest BCUT2D eigenvalue weighted by Gasteiger charge is 2.37. The second-order valence-electron chi connectivity index (χ2n) is 8.00. The highest BCUT2D eigenvalue weighted by Crippen LogP contribution is 2.35. The molecule has 31 heavy (non-hydrogen) atoms. The third kappa shape index (κ3) is 4.45. The Morgan fingerprint density at radius 2 is 1.45 bits per heavy atom. The zero-order valence-electron chi connectivity index (χ0n) is 17.7. The Morgan fingerprint density at radius 1 is 0.903 bits per heavy atom. The fourth-order valence-corrected chi connectivity index (χ4v) is 3.82. The summed E-state index contributed by atoms with van der Waals surface area (Å²) in [7, 11) is 0. The average molecular weight is 415 g/mol. The summed E-state index contributed by atoms with van der Waals surface area (Å²) in [6.45, 7) is 3.81. The van der Waals surface area contributed by atoms with Crippen LogP contribution in [0.5, 0.6) is 5.75 Å². The molecule has 0 saturated heterocycles. The van der Waals surface area contributed by atoms with Crippen molar-refractivity contribution < 1.29 is 14.3 Å². The molecule has 0 fully saturated rings. The largest absolute Gasteiger partial charge is 0.478 e. The number of benzene rings is 3. The molecule has 1 atom stereocenters. The SMILES string of the molecule is CC(C)C1Oc2ccccc2N(CC(=O)NC(c2ccccc2)c2ccccc2)C1=O. The van der Waals surface area contributed by atoms with E-state index >= 15 is 0 Å². The summed E-state index contributed by atoms with van der Waals surface area (Å²) in [6, 6.07) is 26.7. The van der Waals surface area contributed by atoms with Gasteiger partial charge in [-0.3, -0.25) is 14.5 Å². The molecule has 5 nitrogen and oxygen atoms in total. The minimum absolute atomic E-state index is 0.00666. The molecule has 5 heteroatoms. The van der Waals surface area contributed by atoms with Crippen molar-refractivity contribution in [2.45, 2.75) is 26.0 Å². The Hall–Kier alpha value is -3.60. The molecule has 3 aromatic carbocycles. The lowest BCUT2D eigenvalue weighted by atomic mass is 9.98. The van der Waals surface area contributed by atoms with Gasteiger partial charge < -0.3 is 10.1 Å². The smallest absolute Gasteiger partial charge is 0.268 e. The molecular formula is C26H26N2O3. The molecule has 1 heterocycles. The van der Waals surface area contributed by atoms with Crippen molar-refractivity contribution in [3.05, 3.63) is 96.1 Å². The maximum absolute atomic E-state index is 13.2. The maximum Gasteiger partial charge on any atom is 0.268 e. The predicted molar refractivity (Wildman–Crippen MR) is 121 cm³/mol. The van der Waals surface area contributed by atoms with Crippen LogP contribution in [0.1, 0.15) is 31.0 Å². The van der Waals surface area contributed by atoms with E-state index in [2.05, 4.69) is 5.32 Å². The molecule has 1 aliphatic rings. The summed E-state index contributed by atoms with van der Waals surface area (Å²) in [6.07, 6.45) is -0.609. The Labute approximate surface area is 182 Å². The number of amides is 2. The van der Waals surface area contributed by atoms with Gasteiger partial charge in [0, 0.05) is 0 Å². The van der Waals surface area contributed by atoms with Crippen LogP contribution in [0.15, 0.2) is 84.9 Å². The second-order valence-corrected chi connectivity index (χ2v) is 8.00. The number of carbonyl (C=O) groups is 2. The lowest BCUT2D eigenvalue weighted by molar-refractivity contribution is -0.130. The van der Waals surface area contributed by atoms with Crippen molar-refractivity contribution in [1.82, 2.24) is 5.32 Å². The highest BCUT2D eigenvalue weighted by atomic mass is 16.5. The first kappa shape index (κ1) is 20.7. The van der Waals surface area contributed by atoms with Crippen LogP contribution in [0.25, 0.3) is 0 Å². The van der Waals surface area contributed by atoms with Crippen LogP contribution in [-0.2, 0) is 9.59 Å². The molecule has 158 valence electrons. The van der Waals surface area contributed by atoms with E-state index in [-0.39, 0.29) is 30.3 Å². The molecule has 0 saturated carbocycles. The van der Waals surface area contributed by atoms with E-state index < -0.39 is 6.10 Å². The quantitative estimate of drug-likeness (QED) is 0.653. The van der Waals surface area contributed by atoms with Crippen molar-refractivity contribution in [1.29, 1.82) is 0 Å². The van der Waals surface area contributed by atoms with Crippen LogP contribution in [-0.4, -0.2) is 24.5 Å². The molecule has 0 spiro atoms. The minimum atomic E-state index is -0.609. The van der Waals surface area contributed by atoms with E-state index in [9.17, 15) is 9.59 Å². The summed E-state index contributed by atoms with van der Waals surface area (Å²) >= 11 is 0. The van der Waals surface area contributed by atoms with Crippen LogP contribution in [0.4, 0.5) is 5.69 Å². The van der Waals surface area contributed by atoms with Gasteiger partial charge in [-0.2, -0.15) is 0 Å². The Balaban J connectivity index is 1.60. The van der Waals surface area contributed by atoms with Crippen LogP contribution in [0.3, 0.4) is 0 Å². The van der Waals surface area contributed by atoms with Crippen LogP contribution < -0.4 is 15.0 Å². The van der Waals surface area contributed by atoms with Gasteiger partial charge in [-0.05, 0) is 29.2 Å². The van der Waals surface area contributed by atoms with E-state index in [0.29, 0.717) is 11.4 Å². The molecule has 1 N–H and O–H groups in total. The number of fused-ring (bicyclic) bond motifs is 1. The number of hydrogen-bond acceptors (Lipinski definition) is 3. The number of ether oxygens (including phenoxy) is 1. The Bertz CT molecular complexity index is 1010. The van der Waals surface area contributed by atoms with Crippen LogP contribution in [0, 0.1) is 5.92 Å². The van der Waals surface area contributed by atoms with Gasteiger partial charge >= 0.3 is 0 Å². The van der Waals surface area contributed by atoms with Crippen molar-refractivity contribution >= 4 is 17.5 Å². The molecule has 0 aromatic heterocycles. The Kier molecular flexibility index (Phi) is 6.03. The lowest BCUT2D eigenvalue weighted by Crippen LogP contribution is -2.51. The van der Waals surface area contributed by atoms with Gasteiger partial charge in [-0.15, -0.1) is 0 Å². The maximum atomic E-state index is 13.2. The highest BCUT2D eigenvalue weighted by molar-refractivity contribution is 6.04. The number of nitrogens with one attached hydrogen (secondary N) is 1. The van der Waals surface area contributed by atoms with Crippen LogP contribution in [0.2, 0.25) is 0 Å². The first-order valence-electron chi connectivity index (χ1n) is 10.5. The summed E-state index contributed by atoms with van der Waals surface area (Å²) in [5.74, 6) is 0.189. The summed E-state index contributed by atoms with van der Waals surface area (Å²) in [5, 5.41) is 3.12. The standard InChI is InChI=1S/C26H26N2O3/c1-18(2)25-26(30)28(21-15-9-10-16-22(21)31-25)17-23(29)27-24(19-11-5-3-6-12-19)20-13-7-4-8-14-20/h3-16,18,24-25H,17H2,1-2H3,(H,27,29). The van der Waals surface area contributed by atoms with Gasteiger partial charge in [0.05, 0.1) is 11.7 Å². The van der Waals surface area contributed by atoms with Crippen molar-refractivity contribution in [3.63, 3.8) is 0 Å². The monoisotopic (exact) mass is 414 g/mol. The van der Waals surface area contributed by atoms with Gasteiger partial charge in [0.2, 0.25) is 5.91 Å². The summed E-state index contributed by atoms with van der Waals surface area (Å²) in [4.78, 5) is 27.8. The number of hydrogen-bond donors (Lipinski definition) is 1. The molecule has 1 aliphatic heterocycles. The van der Waals surface area contributed by atoms with Gasteiger partial charge in [0.1, 0.15) is 12.3 Å². The zero-order chi connectivity index (χ0) is 21.8. The van der Waals surface area contributed by atoms with Gasteiger partial charge in [-0.25, -0.2) is 0 Å². The number of rotatable bonds is 6. The lowest BCUT2D eigenvalue weighted by Gasteiger charge is -2.35. The van der Waals surface area contributed by atoms with E-state index in [1.54, 1.807) is 0 Å². The van der Waals surface area contributed by atoms with Crippen molar-refractivity contribution in [2.24, 2.45) is 5.92 Å². The number of anilines is 1. The number of nitrogens with zero attached hydrogens (tertiary/aromatic N) is 1. The summed E-state index contributed by atoms with van der Waals surface area (Å²) in [5.41, 5.74) is 2.59. The first-order valence-corrected chi connectivity index (χ1v) is 10.5. The van der Waals surface area contributed by atoms with E-state index in [1.165, 1.54) is 4.90 Å². The summed E-state index contributed by atoms with van der Waals surface area (Å²) < 4.78 is 5.91. The number of carbonyl (C=O) groups excluding carboxylic acids is 2. The van der Waals surface area contributed by atoms with E-state index in [0.717, 1.165) is 11.1 Å². The van der Waals surface area contributed by atoms with Crippen molar-refractivity contribution in [3.8, 4) is 5.75 Å². The fourth-order valence-electron chi connectivity index (χ4n) is 3.82. The van der Waals surface area contributed by atoms with Crippen molar-refractivity contribution in [2.75, 3.05) is 11.4 Å². The van der Waals surface area contributed by atoms with Crippen LogP contribution >= 0.6 is 0 Å². The predicted octanol–water partition coefficient (Wildman–Crippen LogP) is 4.34. The number of para-hydroxylation sites is 2. The van der Waals surface area contributed by atoms with Gasteiger partial charge in [0.15, 0.2) is 6.10 Å². The fraction of sp³-hybridized carbons (Fsp3) is 0.231. The first-order chi connectivity index (χ1) is 15.0. The molecule has 2 amide bonds. The third-order valence-corrected chi connectivity index (χ3v) is 5.40.